The summed E-state index contributed by atoms with van der Waals surface area (Å²) in [6, 6.07) is 0. The van der Waals surface area contributed by atoms with Gasteiger partial charge in [0.1, 0.15) is 0 Å². The first kappa shape index (κ1) is 22.5. The van der Waals surface area contributed by atoms with E-state index in [4.69, 9.17) is 11.6 Å². The molecule has 0 aromatic rings. The smallest absolute Gasteiger partial charge is 0.0306 e. The molecule has 0 aliphatic heterocycles. The molecule has 63 valence electrons. The van der Waals surface area contributed by atoms with Crippen LogP contribution >= 0.6 is 0 Å². The number of nitrogens with two attached hydrogens (primary N) is 2. The molecule has 0 aromatic carbocycles. The van der Waals surface area contributed by atoms with Gasteiger partial charge in [0.25, 0.3) is 0 Å². The molecular weight excluding hydrogens is 165 g/mol. The molecule has 0 saturated heterocycles. The number of nitrogens with zero attached hydrogens (tertiary/aromatic N) is 1. The second-order valence-corrected chi connectivity index (χ2v) is 1.01. The Bertz CT molecular complexity index is 55.0. The normalized spacial score (nSPS) is 6.40. The van der Waals surface area contributed by atoms with Crippen LogP contribution in [-0.2, 0) is 18.6 Å². The van der Waals surface area contributed by atoms with Crippen molar-refractivity contribution in [2.24, 2.45) is 11.6 Å². The predicted octanol–water partition coefficient (Wildman–Crippen LogP) is 0.696. The third kappa shape index (κ3) is 44.9. The summed E-state index contributed by atoms with van der Waals surface area (Å²) < 4.78 is 0. The molecule has 0 unspecified atom stereocenters. The van der Waals surface area contributed by atoms with Crippen molar-refractivity contribution in [3.63, 3.8) is 0 Å². The SMILES string of the molecule is CC.CN(N)/C=C\N.[CH3-].[V]. The van der Waals surface area contributed by atoms with E-state index < -0.39 is 0 Å². The number of hydrogen-bond donors (Lipinski definition) is 2. The minimum absolute atomic E-state index is 0. The van der Waals surface area contributed by atoms with Gasteiger partial charge in [-0.05, 0) is 0 Å². The van der Waals surface area contributed by atoms with Crippen LogP contribution < -0.4 is 11.6 Å². The summed E-state index contributed by atoms with van der Waals surface area (Å²) in [7, 11) is 1.70. The van der Waals surface area contributed by atoms with Crippen LogP contribution in [0.4, 0.5) is 0 Å². The standard InChI is InChI=1S/C3H9N3.C2H6.CH3.V/c1-6(5)3-2-4;1-2;;/h2-3H,4-5H2,1H3;1-2H3;1H3;/q;;-1;/b3-2-;;;. The maximum Gasteiger partial charge on any atom is 0.0306 e. The van der Waals surface area contributed by atoms with E-state index in [1.54, 1.807) is 13.2 Å². The minimum atomic E-state index is 0. The van der Waals surface area contributed by atoms with Gasteiger partial charge in [-0.1, -0.05) is 13.8 Å². The van der Waals surface area contributed by atoms with Gasteiger partial charge in [-0.2, -0.15) is 0 Å². The van der Waals surface area contributed by atoms with E-state index >= 15 is 0 Å². The molecule has 3 nitrogen and oxygen atoms in total. The summed E-state index contributed by atoms with van der Waals surface area (Å²) in [6.45, 7) is 4.00. The van der Waals surface area contributed by atoms with Crippen LogP contribution in [0.3, 0.4) is 0 Å². The van der Waals surface area contributed by atoms with E-state index in [1.807, 2.05) is 13.8 Å². The zero-order valence-electron chi connectivity index (χ0n) is 7.20. The van der Waals surface area contributed by atoms with Gasteiger partial charge in [0, 0.05) is 38.0 Å². The predicted molar refractivity (Wildman–Crippen MR) is 43.0 cm³/mol. The van der Waals surface area contributed by atoms with Gasteiger partial charge in [0.15, 0.2) is 0 Å². The fraction of sp³-hybridized carbons (Fsp3) is 0.500. The second-order valence-electron chi connectivity index (χ2n) is 1.01. The van der Waals surface area contributed by atoms with E-state index in [9.17, 15) is 0 Å². The molecule has 0 amide bonds. The van der Waals surface area contributed by atoms with Crippen LogP contribution in [0.25, 0.3) is 0 Å². The number of hydrazine groups is 1. The van der Waals surface area contributed by atoms with Crippen LogP contribution in [0, 0.1) is 7.43 Å². The van der Waals surface area contributed by atoms with E-state index in [0.717, 1.165) is 0 Å². The minimum Gasteiger partial charge on any atom is -0.403 e. The van der Waals surface area contributed by atoms with Crippen LogP contribution in [-0.4, -0.2) is 12.1 Å². The largest absolute Gasteiger partial charge is 0.403 e. The van der Waals surface area contributed by atoms with Crippen LogP contribution in [0.15, 0.2) is 12.4 Å². The maximum absolute atomic E-state index is 5.07. The Labute approximate surface area is 76.3 Å². The molecule has 0 aliphatic carbocycles. The van der Waals surface area contributed by atoms with Crippen molar-refractivity contribution in [3.8, 4) is 0 Å². The van der Waals surface area contributed by atoms with Crippen LogP contribution in [0.5, 0.6) is 0 Å². The molecule has 0 atom stereocenters. The van der Waals surface area contributed by atoms with Crippen molar-refractivity contribution in [2.75, 3.05) is 7.05 Å². The summed E-state index contributed by atoms with van der Waals surface area (Å²) in [5.41, 5.74) is 4.93. The zero-order valence-corrected chi connectivity index (χ0v) is 8.60. The summed E-state index contributed by atoms with van der Waals surface area (Å²) in [5.74, 6) is 5.07. The average Bonchev–Trinajstić information content (AvgIpc) is 1.72. The molecule has 0 saturated carbocycles. The summed E-state index contributed by atoms with van der Waals surface area (Å²) in [4.78, 5) is 0. The molecule has 0 bridgehead atoms. The van der Waals surface area contributed by atoms with Gasteiger partial charge in [-0.25, -0.2) is 5.84 Å². The molecule has 10 heavy (non-hydrogen) atoms. The summed E-state index contributed by atoms with van der Waals surface area (Å²) >= 11 is 0. The van der Waals surface area contributed by atoms with Crippen molar-refractivity contribution < 1.29 is 18.6 Å². The van der Waals surface area contributed by atoms with Crippen molar-refractivity contribution >= 4 is 0 Å². The molecular formula is C6H18N3V-. The van der Waals surface area contributed by atoms with Crippen LogP contribution in [0.1, 0.15) is 13.8 Å². The van der Waals surface area contributed by atoms with Crippen molar-refractivity contribution in [2.45, 2.75) is 13.8 Å². The van der Waals surface area contributed by atoms with Gasteiger partial charge in [0.2, 0.25) is 0 Å². The van der Waals surface area contributed by atoms with Gasteiger partial charge in [0.05, 0.1) is 0 Å². The Morgan fingerprint density at radius 3 is 1.60 bits per heavy atom. The Kier molecular flexibility index (Phi) is 52.2. The van der Waals surface area contributed by atoms with Gasteiger partial charge in [-0.15, -0.1) is 0 Å². The van der Waals surface area contributed by atoms with Gasteiger partial charge >= 0.3 is 0 Å². The van der Waals surface area contributed by atoms with E-state index in [-0.39, 0.29) is 26.0 Å². The number of hydrogen-bond acceptors (Lipinski definition) is 3. The zero-order chi connectivity index (χ0) is 6.99. The Balaban J connectivity index is -0.0000000412. The first-order valence-corrected chi connectivity index (χ1v) is 2.63. The monoisotopic (exact) mass is 183 g/mol. The summed E-state index contributed by atoms with van der Waals surface area (Å²) in [6.07, 6.45) is 2.93. The third-order valence-corrected chi connectivity index (χ3v) is 0.321. The quantitative estimate of drug-likeness (QED) is 0.357. The maximum atomic E-state index is 5.07. The van der Waals surface area contributed by atoms with E-state index in [1.165, 1.54) is 11.2 Å². The Hall–Kier alpha value is -0.116. The molecule has 0 spiro atoms. The van der Waals surface area contributed by atoms with Crippen molar-refractivity contribution in [3.05, 3.63) is 19.8 Å². The third-order valence-electron chi connectivity index (χ3n) is 0.321. The van der Waals surface area contributed by atoms with Gasteiger partial charge < -0.3 is 18.2 Å². The fourth-order valence-electron chi connectivity index (χ4n) is 0.136. The average molecular weight is 183 g/mol. The Morgan fingerprint density at radius 1 is 1.30 bits per heavy atom. The summed E-state index contributed by atoms with van der Waals surface area (Å²) in [5, 5.41) is 1.38. The van der Waals surface area contributed by atoms with E-state index in [0.29, 0.717) is 0 Å². The van der Waals surface area contributed by atoms with Crippen molar-refractivity contribution in [1.82, 2.24) is 5.01 Å². The van der Waals surface area contributed by atoms with Gasteiger partial charge in [-0.3, -0.25) is 0 Å². The topological polar surface area (TPSA) is 55.3 Å². The molecule has 0 fully saturated rings. The second kappa shape index (κ2) is 23.1. The Morgan fingerprint density at radius 2 is 1.60 bits per heavy atom. The molecule has 4 N–H and O–H groups in total. The molecule has 0 aliphatic rings. The first-order valence-electron chi connectivity index (χ1n) is 2.63. The molecule has 1 radical (unpaired) electrons. The first-order chi connectivity index (χ1) is 3.77. The number of rotatable bonds is 1. The molecule has 0 aromatic heterocycles. The van der Waals surface area contributed by atoms with Crippen molar-refractivity contribution in [1.29, 1.82) is 0 Å². The van der Waals surface area contributed by atoms with E-state index in [2.05, 4.69) is 0 Å². The van der Waals surface area contributed by atoms with Crippen LogP contribution in [0.2, 0.25) is 0 Å². The molecule has 4 heteroatoms. The molecule has 0 rings (SSSR count). The fourth-order valence-corrected chi connectivity index (χ4v) is 0.136. The molecule has 0 heterocycles.